The summed E-state index contributed by atoms with van der Waals surface area (Å²) in [6.07, 6.45) is 1.93. The van der Waals surface area contributed by atoms with E-state index in [9.17, 15) is 0 Å². The fraction of sp³-hybridized carbons (Fsp3) is 0.600. The Morgan fingerprint density at radius 2 is 1.85 bits per heavy atom. The lowest BCUT2D eigenvalue weighted by atomic mass is 9.82. The number of benzene rings is 1. The first-order chi connectivity index (χ1) is 9.68. The molecule has 1 aromatic rings. The van der Waals surface area contributed by atoms with Crippen molar-refractivity contribution in [3.63, 3.8) is 0 Å². The zero-order valence-electron chi connectivity index (χ0n) is 11.7. The third-order valence-corrected chi connectivity index (χ3v) is 5.95. The van der Waals surface area contributed by atoms with Gasteiger partial charge in [-0.15, -0.1) is 0 Å². The van der Waals surface area contributed by atoms with Gasteiger partial charge in [0.1, 0.15) is 0 Å². The van der Waals surface area contributed by atoms with Crippen LogP contribution in [0.3, 0.4) is 0 Å². The number of hydrogen-bond donors (Lipinski definition) is 0. The minimum Gasteiger partial charge on any atom is -0.385 e. The highest BCUT2D eigenvalue weighted by Gasteiger charge is 2.30. The highest BCUT2D eigenvalue weighted by atomic mass is 79.9. The maximum absolute atomic E-state index is 5.71. The summed E-state index contributed by atoms with van der Waals surface area (Å²) >= 11 is 10.9. The Labute approximate surface area is 147 Å². The summed E-state index contributed by atoms with van der Waals surface area (Å²) in [5, 5.41) is 1.81. The molecule has 0 spiro atoms. The highest BCUT2D eigenvalue weighted by molar-refractivity contribution is 9.10. The minimum absolute atomic E-state index is 0.0606. The van der Waals surface area contributed by atoms with E-state index in [-0.39, 0.29) is 5.41 Å². The standard InChI is InChI=1S/C15H21Br3O2/c1-19-7-3-8-20-9-6-15(11-16,12-17)13-4-2-5-14(18)10-13/h2,4-5,10H,3,6-9,11-12H2,1H3. The molecule has 0 aliphatic carbocycles. The number of rotatable bonds is 10. The number of hydrogen-bond acceptors (Lipinski definition) is 2. The molecule has 0 heterocycles. The normalized spacial score (nSPS) is 11.8. The molecular weight excluding hydrogens is 452 g/mol. The van der Waals surface area contributed by atoms with Gasteiger partial charge < -0.3 is 9.47 Å². The average molecular weight is 473 g/mol. The van der Waals surface area contributed by atoms with Gasteiger partial charge in [-0.3, -0.25) is 0 Å². The molecule has 1 rings (SSSR count). The van der Waals surface area contributed by atoms with Crippen molar-refractivity contribution in [3.8, 4) is 0 Å². The predicted octanol–water partition coefficient (Wildman–Crippen LogP) is 4.92. The quantitative estimate of drug-likeness (QED) is 0.355. The van der Waals surface area contributed by atoms with Crippen molar-refractivity contribution in [2.75, 3.05) is 37.6 Å². The van der Waals surface area contributed by atoms with Crippen LogP contribution >= 0.6 is 47.8 Å². The molecule has 0 aliphatic heterocycles. The molecule has 0 saturated carbocycles. The minimum atomic E-state index is 0.0606. The van der Waals surface area contributed by atoms with Crippen LogP contribution in [0.1, 0.15) is 18.4 Å². The third kappa shape index (κ3) is 5.76. The second kappa shape index (κ2) is 10.3. The Hall–Kier alpha value is 0.580. The van der Waals surface area contributed by atoms with Gasteiger partial charge in [0.2, 0.25) is 0 Å². The van der Waals surface area contributed by atoms with Crippen LogP contribution < -0.4 is 0 Å². The summed E-state index contributed by atoms with van der Waals surface area (Å²) < 4.78 is 11.8. The summed E-state index contributed by atoms with van der Waals surface area (Å²) in [7, 11) is 1.72. The van der Waals surface area contributed by atoms with Crippen molar-refractivity contribution in [3.05, 3.63) is 34.3 Å². The van der Waals surface area contributed by atoms with E-state index in [1.807, 2.05) is 0 Å². The summed E-state index contributed by atoms with van der Waals surface area (Å²) in [4.78, 5) is 0. The van der Waals surface area contributed by atoms with Gasteiger partial charge in [0.25, 0.3) is 0 Å². The van der Waals surface area contributed by atoms with Crippen molar-refractivity contribution in [2.45, 2.75) is 18.3 Å². The zero-order chi connectivity index (χ0) is 14.8. The van der Waals surface area contributed by atoms with E-state index in [4.69, 9.17) is 9.47 Å². The molecule has 0 amide bonds. The van der Waals surface area contributed by atoms with E-state index >= 15 is 0 Å². The van der Waals surface area contributed by atoms with E-state index in [2.05, 4.69) is 72.1 Å². The van der Waals surface area contributed by atoms with Gasteiger partial charge in [0, 0.05) is 47.5 Å². The monoisotopic (exact) mass is 470 g/mol. The maximum Gasteiger partial charge on any atom is 0.0487 e. The summed E-state index contributed by atoms with van der Waals surface area (Å²) in [5.74, 6) is 0. The molecule has 20 heavy (non-hydrogen) atoms. The van der Waals surface area contributed by atoms with Crippen LogP contribution in [0.5, 0.6) is 0 Å². The van der Waals surface area contributed by atoms with Crippen molar-refractivity contribution in [1.29, 1.82) is 0 Å². The molecule has 0 aromatic heterocycles. The third-order valence-electron chi connectivity index (χ3n) is 3.31. The molecular formula is C15H21Br3O2. The number of alkyl halides is 2. The van der Waals surface area contributed by atoms with Crippen molar-refractivity contribution in [1.82, 2.24) is 0 Å². The van der Waals surface area contributed by atoms with Gasteiger partial charge in [0.15, 0.2) is 0 Å². The molecule has 0 saturated heterocycles. The number of methoxy groups -OCH3 is 1. The second-order valence-corrected chi connectivity index (χ2v) is 6.80. The van der Waals surface area contributed by atoms with E-state index in [0.717, 1.165) is 47.8 Å². The lowest BCUT2D eigenvalue weighted by Gasteiger charge is -2.31. The first-order valence-electron chi connectivity index (χ1n) is 6.63. The first kappa shape index (κ1) is 18.6. The van der Waals surface area contributed by atoms with Crippen LogP contribution in [0.4, 0.5) is 0 Å². The Bertz CT molecular complexity index is 381. The van der Waals surface area contributed by atoms with Crippen LogP contribution in [-0.2, 0) is 14.9 Å². The fourth-order valence-electron chi connectivity index (χ4n) is 1.96. The van der Waals surface area contributed by atoms with E-state index < -0.39 is 0 Å². The molecule has 0 radical (unpaired) electrons. The molecule has 5 heteroatoms. The van der Waals surface area contributed by atoms with Crippen LogP contribution in [-0.4, -0.2) is 37.6 Å². The van der Waals surface area contributed by atoms with Crippen molar-refractivity contribution < 1.29 is 9.47 Å². The SMILES string of the molecule is COCCCOCCC(CBr)(CBr)c1cccc(Br)c1. The Kier molecular flexibility index (Phi) is 9.62. The summed E-state index contributed by atoms with van der Waals surface area (Å²) in [5.41, 5.74) is 1.38. The fourth-order valence-corrected chi connectivity index (χ4v) is 4.50. The molecule has 114 valence electrons. The van der Waals surface area contributed by atoms with Gasteiger partial charge in [-0.05, 0) is 30.5 Å². The molecule has 0 fully saturated rings. The molecule has 0 N–H and O–H groups in total. The Morgan fingerprint density at radius 3 is 2.45 bits per heavy atom. The van der Waals surface area contributed by atoms with Crippen LogP contribution in [0, 0.1) is 0 Å². The highest BCUT2D eigenvalue weighted by Crippen LogP contribution is 2.33. The zero-order valence-corrected chi connectivity index (χ0v) is 16.5. The van der Waals surface area contributed by atoms with E-state index in [0.29, 0.717) is 0 Å². The number of ether oxygens (including phenoxy) is 2. The van der Waals surface area contributed by atoms with Gasteiger partial charge >= 0.3 is 0 Å². The Balaban J connectivity index is 2.58. The van der Waals surface area contributed by atoms with E-state index in [1.165, 1.54) is 5.56 Å². The lowest BCUT2D eigenvalue weighted by molar-refractivity contribution is 0.0935. The molecule has 0 aliphatic rings. The average Bonchev–Trinajstić information content (AvgIpc) is 2.47. The molecule has 2 nitrogen and oxygen atoms in total. The lowest BCUT2D eigenvalue weighted by Crippen LogP contribution is -2.32. The number of halogens is 3. The van der Waals surface area contributed by atoms with Crippen LogP contribution in [0.25, 0.3) is 0 Å². The van der Waals surface area contributed by atoms with Crippen molar-refractivity contribution >= 4 is 47.8 Å². The van der Waals surface area contributed by atoms with E-state index in [1.54, 1.807) is 7.11 Å². The summed E-state index contributed by atoms with van der Waals surface area (Å²) in [6, 6.07) is 8.50. The van der Waals surface area contributed by atoms with Gasteiger partial charge in [-0.25, -0.2) is 0 Å². The molecule has 0 unspecified atom stereocenters. The topological polar surface area (TPSA) is 18.5 Å². The predicted molar refractivity (Wildman–Crippen MR) is 95.3 cm³/mol. The largest absolute Gasteiger partial charge is 0.385 e. The van der Waals surface area contributed by atoms with Crippen LogP contribution in [0.2, 0.25) is 0 Å². The van der Waals surface area contributed by atoms with Crippen LogP contribution in [0.15, 0.2) is 28.7 Å². The van der Waals surface area contributed by atoms with Gasteiger partial charge in [0.05, 0.1) is 0 Å². The smallest absolute Gasteiger partial charge is 0.0487 e. The van der Waals surface area contributed by atoms with Gasteiger partial charge in [-0.1, -0.05) is 59.9 Å². The van der Waals surface area contributed by atoms with Gasteiger partial charge in [-0.2, -0.15) is 0 Å². The molecule has 1 aromatic carbocycles. The molecule has 0 bridgehead atoms. The second-order valence-electron chi connectivity index (χ2n) is 4.77. The molecule has 0 atom stereocenters. The summed E-state index contributed by atoms with van der Waals surface area (Å²) in [6.45, 7) is 2.27. The maximum atomic E-state index is 5.71. The Morgan fingerprint density at radius 1 is 1.10 bits per heavy atom. The van der Waals surface area contributed by atoms with Crippen molar-refractivity contribution in [2.24, 2.45) is 0 Å². The first-order valence-corrected chi connectivity index (χ1v) is 9.67.